The zero-order valence-electron chi connectivity index (χ0n) is 17.5. The van der Waals surface area contributed by atoms with Crippen molar-refractivity contribution >= 4 is 39.3 Å². The third-order valence-electron chi connectivity index (χ3n) is 5.26. The Hall–Kier alpha value is -1.58. The Morgan fingerprint density at radius 3 is 2.32 bits per heavy atom. The first kappa shape index (κ1) is 24.1. The number of amides is 1. The molecule has 1 amide bonds. The lowest BCUT2D eigenvalue weighted by Gasteiger charge is -2.36. The van der Waals surface area contributed by atoms with Gasteiger partial charge in [-0.3, -0.25) is 9.69 Å². The first-order valence-corrected chi connectivity index (χ1v) is 13.5. The summed E-state index contributed by atoms with van der Waals surface area (Å²) in [5.41, 5.74) is 1.18. The number of thioether (sulfide) groups is 1. The maximum absolute atomic E-state index is 13.2. The Kier molecular flexibility index (Phi) is 8.80. The van der Waals surface area contributed by atoms with Gasteiger partial charge in [0.1, 0.15) is 6.04 Å². The standard InChI is InChI=1S/C22H28ClN3O3S2/c1-30-16-11-21(24-31(28,29)20-5-3-2-4-6-20)22(27)26-14-12-25(13-15-26)17-18-7-9-19(23)10-8-18/h2-10,21,24H,11-17H2,1H3/t21-/m1/s1. The number of rotatable bonds is 9. The van der Waals surface area contributed by atoms with Gasteiger partial charge in [0.05, 0.1) is 4.90 Å². The number of nitrogens with one attached hydrogen (secondary N) is 1. The van der Waals surface area contributed by atoms with E-state index in [4.69, 9.17) is 11.6 Å². The lowest BCUT2D eigenvalue weighted by Crippen LogP contribution is -2.54. The highest BCUT2D eigenvalue weighted by Gasteiger charge is 2.30. The van der Waals surface area contributed by atoms with Crippen LogP contribution in [0.2, 0.25) is 5.02 Å². The van der Waals surface area contributed by atoms with Gasteiger partial charge >= 0.3 is 0 Å². The van der Waals surface area contributed by atoms with Crippen molar-refractivity contribution in [1.82, 2.24) is 14.5 Å². The average Bonchev–Trinajstić information content (AvgIpc) is 2.79. The number of hydrogen-bond donors (Lipinski definition) is 1. The normalized spacial score (nSPS) is 16.3. The molecule has 1 fully saturated rings. The predicted octanol–water partition coefficient (Wildman–Crippen LogP) is 3.08. The summed E-state index contributed by atoms with van der Waals surface area (Å²) in [5.74, 6) is 0.546. The molecule has 3 rings (SSSR count). The van der Waals surface area contributed by atoms with Crippen LogP contribution in [-0.2, 0) is 21.4 Å². The fourth-order valence-electron chi connectivity index (χ4n) is 3.52. The summed E-state index contributed by atoms with van der Waals surface area (Å²) in [6.45, 7) is 3.45. The molecule has 2 aromatic rings. The molecule has 2 aromatic carbocycles. The first-order chi connectivity index (χ1) is 14.9. The van der Waals surface area contributed by atoms with Crippen LogP contribution in [0.1, 0.15) is 12.0 Å². The molecule has 1 aliphatic rings. The third kappa shape index (κ3) is 6.95. The summed E-state index contributed by atoms with van der Waals surface area (Å²) in [6, 6.07) is 15.2. The first-order valence-electron chi connectivity index (χ1n) is 10.2. The van der Waals surface area contributed by atoms with Gasteiger partial charge < -0.3 is 4.90 Å². The molecule has 1 aliphatic heterocycles. The topological polar surface area (TPSA) is 69.7 Å². The Balaban J connectivity index is 1.60. The van der Waals surface area contributed by atoms with Crippen molar-refractivity contribution in [1.29, 1.82) is 0 Å². The van der Waals surface area contributed by atoms with Crippen molar-refractivity contribution in [2.24, 2.45) is 0 Å². The lowest BCUT2D eigenvalue weighted by atomic mass is 10.1. The van der Waals surface area contributed by atoms with E-state index in [-0.39, 0.29) is 10.8 Å². The Morgan fingerprint density at radius 1 is 1.06 bits per heavy atom. The maximum atomic E-state index is 13.2. The second-order valence-corrected chi connectivity index (χ2v) is 10.6. The molecule has 6 nitrogen and oxygen atoms in total. The number of sulfonamides is 1. The van der Waals surface area contributed by atoms with Crippen molar-refractivity contribution in [3.63, 3.8) is 0 Å². The number of piperazine rings is 1. The van der Waals surface area contributed by atoms with E-state index in [0.717, 1.165) is 19.6 Å². The average molecular weight is 482 g/mol. The number of carbonyl (C=O) groups excluding carboxylic acids is 1. The van der Waals surface area contributed by atoms with Crippen LogP contribution in [0.3, 0.4) is 0 Å². The Bertz CT molecular complexity index is 948. The molecule has 9 heteroatoms. The van der Waals surface area contributed by atoms with Crippen LogP contribution in [0, 0.1) is 0 Å². The smallest absolute Gasteiger partial charge is 0.241 e. The quantitative estimate of drug-likeness (QED) is 0.596. The summed E-state index contributed by atoms with van der Waals surface area (Å²) >= 11 is 7.55. The monoisotopic (exact) mass is 481 g/mol. The molecule has 168 valence electrons. The van der Waals surface area contributed by atoms with Crippen LogP contribution in [0.15, 0.2) is 59.5 Å². The van der Waals surface area contributed by atoms with Crippen LogP contribution < -0.4 is 4.72 Å². The van der Waals surface area contributed by atoms with E-state index in [1.165, 1.54) is 17.7 Å². The van der Waals surface area contributed by atoms with Gasteiger partial charge in [-0.2, -0.15) is 16.5 Å². The van der Waals surface area contributed by atoms with Crippen molar-refractivity contribution in [3.05, 3.63) is 65.2 Å². The number of carbonyl (C=O) groups is 1. The number of hydrogen-bond acceptors (Lipinski definition) is 5. The number of benzene rings is 2. The van der Waals surface area contributed by atoms with Crippen molar-refractivity contribution in [2.75, 3.05) is 38.2 Å². The summed E-state index contributed by atoms with van der Waals surface area (Å²) in [5, 5.41) is 0.716. The van der Waals surface area contributed by atoms with Crippen LogP contribution in [-0.4, -0.2) is 68.4 Å². The van der Waals surface area contributed by atoms with Gasteiger partial charge in [0.15, 0.2) is 0 Å². The summed E-state index contributed by atoms with van der Waals surface area (Å²) in [4.78, 5) is 17.4. The molecule has 0 bridgehead atoms. The molecule has 31 heavy (non-hydrogen) atoms. The largest absolute Gasteiger partial charge is 0.339 e. The van der Waals surface area contributed by atoms with Gasteiger partial charge in [-0.1, -0.05) is 41.9 Å². The van der Waals surface area contributed by atoms with E-state index in [0.29, 0.717) is 30.3 Å². The van der Waals surface area contributed by atoms with Crippen LogP contribution in [0.25, 0.3) is 0 Å². The van der Waals surface area contributed by atoms with E-state index in [1.54, 1.807) is 34.9 Å². The molecule has 0 aromatic heterocycles. The molecule has 0 radical (unpaired) electrons. The minimum Gasteiger partial charge on any atom is -0.339 e. The third-order valence-corrected chi connectivity index (χ3v) is 7.65. The van der Waals surface area contributed by atoms with Gasteiger partial charge in [0, 0.05) is 37.7 Å². The highest BCUT2D eigenvalue weighted by atomic mass is 35.5. The molecule has 1 atom stereocenters. The molecular weight excluding hydrogens is 454 g/mol. The summed E-state index contributed by atoms with van der Waals surface area (Å²) in [6.07, 6.45) is 2.40. The molecule has 0 spiro atoms. The van der Waals surface area contributed by atoms with Gasteiger partial charge in [0.2, 0.25) is 15.9 Å². The van der Waals surface area contributed by atoms with Crippen molar-refractivity contribution in [3.8, 4) is 0 Å². The summed E-state index contributed by atoms with van der Waals surface area (Å²) < 4.78 is 28.2. The van der Waals surface area contributed by atoms with Crippen LogP contribution in [0.4, 0.5) is 0 Å². The molecule has 0 aliphatic carbocycles. The van der Waals surface area contributed by atoms with Gasteiger partial charge in [-0.05, 0) is 48.3 Å². The van der Waals surface area contributed by atoms with Gasteiger partial charge in [-0.25, -0.2) is 8.42 Å². The second-order valence-electron chi connectivity index (χ2n) is 7.50. The van der Waals surface area contributed by atoms with E-state index >= 15 is 0 Å². The fraction of sp³-hybridized carbons (Fsp3) is 0.409. The van der Waals surface area contributed by atoms with Gasteiger partial charge in [-0.15, -0.1) is 0 Å². The van der Waals surface area contributed by atoms with E-state index in [2.05, 4.69) is 9.62 Å². The number of halogens is 1. The highest BCUT2D eigenvalue weighted by Crippen LogP contribution is 2.15. The maximum Gasteiger partial charge on any atom is 0.241 e. The molecule has 1 saturated heterocycles. The second kappa shape index (κ2) is 11.3. The fourth-order valence-corrected chi connectivity index (χ4v) is 5.36. The van der Waals surface area contributed by atoms with E-state index in [9.17, 15) is 13.2 Å². The Morgan fingerprint density at radius 2 is 1.71 bits per heavy atom. The number of nitrogens with zero attached hydrogens (tertiary/aromatic N) is 2. The minimum atomic E-state index is -3.76. The van der Waals surface area contributed by atoms with Gasteiger partial charge in [0.25, 0.3) is 0 Å². The van der Waals surface area contributed by atoms with Crippen molar-refractivity contribution < 1.29 is 13.2 Å². The summed E-state index contributed by atoms with van der Waals surface area (Å²) in [7, 11) is -3.76. The van der Waals surface area contributed by atoms with E-state index < -0.39 is 16.1 Å². The molecule has 1 heterocycles. The minimum absolute atomic E-state index is 0.153. The molecular formula is C22H28ClN3O3S2. The molecule has 1 N–H and O–H groups in total. The SMILES string of the molecule is CSCC[C@@H](NS(=O)(=O)c1ccccc1)C(=O)N1CCN(Cc2ccc(Cl)cc2)CC1. The lowest BCUT2D eigenvalue weighted by molar-refractivity contribution is -0.134. The Labute approximate surface area is 194 Å². The zero-order valence-corrected chi connectivity index (χ0v) is 19.9. The predicted molar refractivity (Wildman–Crippen MR) is 127 cm³/mol. The van der Waals surface area contributed by atoms with Crippen molar-refractivity contribution in [2.45, 2.75) is 23.9 Å². The molecule has 0 unspecified atom stereocenters. The highest BCUT2D eigenvalue weighted by molar-refractivity contribution is 7.98. The zero-order chi connectivity index (χ0) is 22.3. The van der Waals surface area contributed by atoms with Crippen LogP contribution in [0.5, 0.6) is 0 Å². The van der Waals surface area contributed by atoms with Crippen LogP contribution >= 0.6 is 23.4 Å². The molecule has 0 saturated carbocycles. The van der Waals surface area contributed by atoms with E-state index in [1.807, 2.05) is 30.5 Å².